The summed E-state index contributed by atoms with van der Waals surface area (Å²) in [6.07, 6.45) is 7.13. The van der Waals surface area contributed by atoms with Crippen molar-refractivity contribution in [2.45, 2.75) is 32.7 Å². The van der Waals surface area contributed by atoms with E-state index in [9.17, 15) is 4.79 Å². The molecule has 40 heavy (non-hydrogen) atoms. The topological polar surface area (TPSA) is 105 Å². The number of ether oxygens (including phenoxy) is 1. The van der Waals surface area contributed by atoms with E-state index in [-0.39, 0.29) is 5.91 Å². The Kier molecular flexibility index (Phi) is 7.49. The largest absolute Gasteiger partial charge is 0.494 e. The summed E-state index contributed by atoms with van der Waals surface area (Å²) < 4.78 is 9.47. The Bertz CT molecular complexity index is 1560. The normalized spacial score (nSPS) is 14.1. The van der Waals surface area contributed by atoms with Gasteiger partial charge >= 0.3 is 0 Å². The highest BCUT2D eigenvalue weighted by Gasteiger charge is 2.24. The van der Waals surface area contributed by atoms with Gasteiger partial charge in [0.25, 0.3) is 0 Å². The number of rotatable bonds is 8. The number of hydrogen-bond donors (Lipinski definition) is 2. The van der Waals surface area contributed by atoms with Crippen LogP contribution in [0.2, 0.25) is 0 Å². The molecular weight excluding hydrogens is 506 g/mol. The van der Waals surface area contributed by atoms with Crippen LogP contribution in [0.3, 0.4) is 0 Å². The van der Waals surface area contributed by atoms with Crippen LogP contribution in [0.1, 0.15) is 24.1 Å². The van der Waals surface area contributed by atoms with Gasteiger partial charge in [-0.15, -0.1) is 5.10 Å². The Balaban J connectivity index is 1.52. The number of benzene rings is 1. The fourth-order valence-corrected chi connectivity index (χ4v) is 5.37. The number of nitrogens with zero attached hydrogens (tertiary/aromatic N) is 7. The molecule has 11 heteroatoms. The highest BCUT2D eigenvalue weighted by Crippen LogP contribution is 2.39. The van der Waals surface area contributed by atoms with Crippen molar-refractivity contribution < 1.29 is 9.53 Å². The number of fused-ring (bicyclic) bond motifs is 1. The third kappa shape index (κ3) is 5.24. The summed E-state index contributed by atoms with van der Waals surface area (Å²) in [5.74, 6) is 0.735. The predicted molar refractivity (Wildman–Crippen MR) is 159 cm³/mol. The van der Waals surface area contributed by atoms with Gasteiger partial charge in [-0.1, -0.05) is 6.58 Å². The van der Waals surface area contributed by atoms with E-state index in [0.29, 0.717) is 29.1 Å². The number of anilines is 4. The lowest BCUT2D eigenvalue weighted by Crippen LogP contribution is -2.42. The van der Waals surface area contributed by atoms with E-state index in [1.165, 1.54) is 6.08 Å². The van der Waals surface area contributed by atoms with Gasteiger partial charge in [0.15, 0.2) is 0 Å². The summed E-state index contributed by atoms with van der Waals surface area (Å²) in [7, 11) is 7.78. The van der Waals surface area contributed by atoms with Crippen molar-refractivity contribution in [3.8, 4) is 17.0 Å². The zero-order valence-electron chi connectivity index (χ0n) is 24.0. The number of aryl methyl sites for hydroxylation is 3. The van der Waals surface area contributed by atoms with E-state index in [4.69, 9.17) is 9.84 Å². The summed E-state index contributed by atoms with van der Waals surface area (Å²) in [5, 5.41) is 15.6. The second-order valence-electron chi connectivity index (χ2n) is 10.5. The van der Waals surface area contributed by atoms with Crippen molar-refractivity contribution in [1.29, 1.82) is 0 Å². The molecule has 1 fully saturated rings. The van der Waals surface area contributed by atoms with E-state index < -0.39 is 0 Å². The summed E-state index contributed by atoms with van der Waals surface area (Å²) in [5.41, 5.74) is 7.05. The maximum absolute atomic E-state index is 12.4. The molecule has 0 unspecified atom stereocenters. The van der Waals surface area contributed by atoms with Crippen LogP contribution in [0.15, 0.2) is 43.2 Å². The van der Waals surface area contributed by atoms with Gasteiger partial charge in [-0.05, 0) is 64.6 Å². The number of carbonyl (C=O) groups is 1. The lowest BCUT2D eigenvalue weighted by atomic mass is 10.0. The number of nitrogens with one attached hydrogen (secondary N) is 2. The average molecular weight is 544 g/mol. The summed E-state index contributed by atoms with van der Waals surface area (Å²) in [6.45, 7) is 9.40. The second kappa shape index (κ2) is 11.0. The molecule has 1 aliphatic heterocycles. The van der Waals surface area contributed by atoms with Gasteiger partial charge in [0, 0.05) is 44.0 Å². The number of carbonyl (C=O) groups excluding carboxylic acids is 1. The van der Waals surface area contributed by atoms with Crippen LogP contribution in [-0.2, 0) is 11.8 Å². The fourth-order valence-electron chi connectivity index (χ4n) is 5.37. The van der Waals surface area contributed by atoms with E-state index in [1.54, 1.807) is 18.0 Å². The average Bonchev–Trinajstić information content (AvgIpc) is 3.45. The fraction of sp³-hybridized carbons (Fsp3) is 0.379. The van der Waals surface area contributed by atoms with E-state index in [0.717, 1.165) is 59.7 Å². The van der Waals surface area contributed by atoms with Crippen LogP contribution in [0.25, 0.3) is 16.8 Å². The van der Waals surface area contributed by atoms with Crippen LogP contribution in [0, 0.1) is 13.8 Å². The zero-order chi connectivity index (χ0) is 28.6. The van der Waals surface area contributed by atoms with Gasteiger partial charge in [0.05, 0.1) is 47.3 Å². The molecule has 0 spiro atoms. The quantitative estimate of drug-likeness (QED) is 0.320. The Hall–Kier alpha value is -4.38. The Morgan fingerprint density at radius 3 is 2.52 bits per heavy atom. The van der Waals surface area contributed by atoms with Crippen LogP contribution >= 0.6 is 0 Å². The van der Waals surface area contributed by atoms with Crippen molar-refractivity contribution in [1.82, 2.24) is 29.3 Å². The molecule has 2 N–H and O–H groups in total. The van der Waals surface area contributed by atoms with E-state index in [1.807, 2.05) is 43.7 Å². The maximum Gasteiger partial charge on any atom is 0.247 e. The van der Waals surface area contributed by atoms with Gasteiger partial charge in [-0.3, -0.25) is 9.48 Å². The molecule has 4 aromatic rings. The molecule has 3 aromatic heterocycles. The molecule has 210 valence electrons. The zero-order valence-corrected chi connectivity index (χ0v) is 24.0. The number of amides is 1. The van der Waals surface area contributed by atoms with Crippen LogP contribution < -0.4 is 20.3 Å². The molecule has 1 amide bonds. The van der Waals surface area contributed by atoms with Crippen molar-refractivity contribution in [3.63, 3.8) is 0 Å². The van der Waals surface area contributed by atoms with Crippen LogP contribution in [0.4, 0.5) is 23.0 Å². The molecule has 1 aliphatic rings. The minimum Gasteiger partial charge on any atom is -0.494 e. The smallest absolute Gasteiger partial charge is 0.247 e. The summed E-state index contributed by atoms with van der Waals surface area (Å²) >= 11 is 0. The minimum absolute atomic E-state index is 0.280. The highest BCUT2D eigenvalue weighted by atomic mass is 16.5. The molecule has 1 aromatic carbocycles. The molecule has 0 bridgehead atoms. The maximum atomic E-state index is 12.4. The number of hydrogen-bond acceptors (Lipinski definition) is 8. The number of methoxy groups -OCH3 is 1. The molecule has 11 nitrogen and oxygen atoms in total. The Morgan fingerprint density at radius 2 is 1.90 bits per heavy atom. The third-order valence-corrected chi connectivity index (χ3v) is 7.55. The summed E-state index contributed by atoms with van der Waals surface area (Å²) in [6, 6.07) is 6.46. The second-order valence-corrected chi connectivity index (χ2v) is 10.5. The molecule has 0 radical (unpaired) electrons. The Morgan fingerprint density at radius 1 is 1.15 bits per heavy atom. The first-order chi connectivity index (χ1) is 19.2. The molecule has 1 saturated heterocycles. The van der Waals surface area contributed by atoms with Gasteiger partial charge < -0.3 is 25.2 Å². The Labute approximate surface area is 234 Å². The van der Waals surface area contributed by atoms with Crippen molar-refractivity contribution in [2.24, 2.45) is 7.05 Å². The predicted octanol–water partition coefficient (Wildman–Crippen LogP) is 4.15. The lowest BCUT2D eigenvalue weighted by molar-refractivity contribution is -0.111. The highest BCUT2D eigenvalue weighted by molar-refractivity contribution is 6.02. The van der Waals surface area contributed by atoms with Gasteiger partial charge in [-0.2, -0.15) is 5.10 Å². The van der Waals surface area contributed by atoms with E-state index in [2.05, 4.69) is 57.3 Å². The monoisotopic (exact) mass is 543 g/mol. The summed E-state index contributed by atoms with van der Waals surface area (Å²) in [4.78, 5) is 21.5. The van der Waals surface area contributed by atoms with Crippen LogP contribution in [0.5, 0.6) is 5.75 Å². The van der Waals surface area contributed by atoms with Gasteiger partial charge in [-0.25, -0.2) is 9.50 Å². The van der Waals surface area contributed by atoms with Crippen molar-refractivity contribution >= 4 is 34.4 Å². The SMILES string of the molecule is C=CC(=O)Nc1cc(Nc2ncc3c(C)cc(-c4cn(C)nc4C)n3n2)c(OC)cc1N1CCC(N(C)C)CC1. The number of piperidine rings is 1. The van der Waals surface area contributed by atoms with Crippen molar-refractivity contribution in [3.05, 3.63) is 54.5 Å². The van der Waals surface area contributed by atoms with Crippen LogP contribution in [-0.4, -0.2) is 75.5 Å². The van der Waals surface area contributed by atoms with E-state index >= 15 is 0 Å². The first-order valence-corrected chi connectivity index (χ1v) is 13.4. The first kappa shape index (κ1) is 27.2. The molecule has 5 rings (SSSR count). The first-order valence-electron chi connectivity index (χ1n) is 13.4. The molecular formula is C29H37N9O2. The molecule has 0 atom stereocenters. The molecule has 0 saturated carbocycles. The minimum atomic E-state index is -0.280. The van der Waals surface area contributed by atoms with Gasteiger partial charge in [0.2, 0.25) is 11.9 Å². The molecule has 4 heterocycles. The standard InChI is InChI=1S/C29H37N9O2/c1-8-28(39)31-22-14-23(27(40-7)15-25(22)37-11-9-20(10-12-37)35(4)5)32-29-30-16-26-18(2)13-24(38(26)34-29)21-17-36(6)33-19(21)3/h8,13-17,20H,1,9-12H2,2-7H3,(H,31,39)(H,32,34). The van der Waals surface area contributed by atoms with Gasteiger partial charge in [0.1, 0.15) is 5.75 Å². The van der Waals surface area contributed by atoms with Crippen molar-refractivity contribution in [2.75, 3.05) is 49.8 Å². The third-order valence-electron chi connectivity index (χ3n) is 7.55. The number of aromatic nitrogens is 5. The molecule has 0 aliphatic carbocycles. The lowest BCUT2D eigenvalue weighted by Gasteiger charge is -2.37.